The Labute approximate surface area is 109 Å². The zero-order valence-electron chi connectivity index (χ0n) is 10.7. The SMILES string of the molecule is C=C1CCCCN(S(=O)(=O)c2ccc(C)cc2)C1. The van der Waals surface area contributed by atoms with E-state index in [2.05, 4.69) is 6.58 Å². The van der Waals surface area contributed by atoms with Crippen molar-refractivity contribution in [3.8, 4) is 0 Å². The molecule has 98 valence electrons. The van der Waals surface area contributed by atoms with Crippen molar-refractivity contribution in [3.63, 3.8) is 0 Å². The van der Waals surface area contributed by atoms with Crippen LogP contribution in [0.15, 0.2) is 41.3 Å². The van der Waals surface area contributed by atoms with Gasteiger partial charge in [0.05, 0.1) is 4.90 Å². The maximum atomic E-state index is 12.5. The molecule has 1 aliphatic rings. The summed E-state index contributed by atoms with van der Waals surface area (Å²) in [4.78, 5) is 0.378. The van der Waals surface area contributed by atoms with E-state index in [1.54, 1.807) is 16.4 Å². The Morgan fingerprint density at radius 3 is 2.50 bits per heavy atom. The summed E-state index contributed by atoms with van der Waals surface area (Å²) in [6.45, 7) is 6.94. The first kappa shape index (κ1) is 13.3. The minimum Gasteiger partial charge on any atom is -0.207 e. The van der Waals surface area contributed by atoms with Gasteiger partial charge in [-0.15, -0.1) is 0 Å². The third-order valence-electron chi connectivity index (χ3n) is 3.25. The average molecular weight is 265 g/mol. The zero-order valence-corrected chi connectivity index (χ0v) is 11.5. The monoisotopic (exact) mass is 265 g/mol. The number of hydrogen-bond donors (Lipinski definition) is 0. The standard InChI is InChI=1S/C14H19NO2S/c1-12-6-8-14(9-7-12)18(16,17)15-10-4-3-5-13(2)11-15/h6-9H,2-5,10-11H2,1H3. The number of aryl methyl sites for hydroxylation is 1. The Morgan fingerprint density at radius 1 is 1.17 bits per heavy atom. The molecule has 0 radical (unpaired) electrons. The largest absolute Gasteiger partial charge is 0.243 e. The lowest BCUT2D eigenvalue weighted by atomic mass is 10.2. The fourth-order valence-corrected chi connectivity index (χ4v) is 3.64. The van der Waals surface area contributed by atoms with E-state index in [-0.39, 0.29) is 0 Å². The first-order chi connectivity index (χ1) is 8.50. The summed E-state index contributed by atoms with van der Waals surface area (Å²) in [6.07, 6.45) is 2.86. The van der Waals surface area contributed by atoms with Gasteiger partial charge in [0.1, 0.15) is 0 Å². The highest BCUT2D eigenvalue weighted by atomic mass is 32.2. The highest BCUT2D eigenvalue weighted by molar-refractivity contribution is 7.89. The van der Waals surface area contributed by atoms with Crippen LogP contribution in [0.25, 0.3) is 0 Å². The van der Waals surface area contributed by atoms with E-state index in [1.165, 1.54) is 0 Å². The highest BCUT2D eigenvalue weighted by Crippen LogP contribution is 2.22. The molecule has 2 rings (SSSR count). The van der Waals surface area contributed by atoms with Crippen LogP contribution in [0, 0.1) is 6.92 Å². The van der Waals surface area contributed by atoms with E-state index >= 15 is 0 Å². The molecule has 0 amide bonds. The fourth-order valence-electron chi connectivity index (χ4n) is 2.14. The summed E-state index contributed by atoms with van der Waals surface area (Å²) in [5, 5.41) is 0. The molecular weight excluding hydrogens is 246 g/mol. The molecule has 1 saturated heterocycles. The first-order valence-corrected chi connectivity index (χ1v) is 7.67. The molecule has 0 aliphatic carbocycles. The zero-order chi connectivity index (χ0) is 13.2. The summed E-state index contributed by atoms with van der Waals surface area (Å²) in [7, 11) is -3.36. The minimum atomic E-state index is -3.36. The lowest BCUT2D eigenvalue weighted by Gasteiger charge is -2.20. The fraction of sp³-hybridized carbons (Fsp3) is 0.429. The minimum absolute atomic E-state index is 0.378. The van der Waals surface area contributed by atoms with Crippen molar-refractivity contribution in [2.24, 2.45) is 0 Å². The van der Waals surface area contributed by atoms with Gasteiger partial charge in [0, 0.05) is 13.1 Å². The van der Waals surface area contributed by atoms with Crippen molar-refractivity contribution < 1.29 is 8.42 Å². The molecule has 0 N–H and O–H groups in total. The highest BCUT2D eigenvalue weighted by Gasteiger charge is 2.25. The summed E-state index contributed by atoms with van der Waals surface area (Å²) in [5.74, 6) is 0. The molecule has 0 saturated carbocycles. The van der Waals surface area contributed by atoms with Crippen LogP contribution in [0.4, 0.5) is 0 Å². The van der Waals surface area contributed by atoms with Gasteiger partial charge in [-0.05, 0) is 38.3 Å². The van der Waals surface area contributed by atoms with Crippen LogP contribution in [0.5, 0.6) is 0 Å². The summed E-state index contributed by atoms with van der Waals surface area (Å²) in [5.41, 5.74) is 2.07. The lowest BCUT2D eigenvalue weighted by molar-refractivity contribution is 0.441. The molecule has 1 aliphatic heterocycles. The van der Waals surface area contributed by atoms with Crippen LogP contribution in [0.1, 0.15) is 24.8 Å². The first-order valence-electron chi connectivity index (χ1n) is 6.23. The van der Waals surface area contributed by atoms with E-state index in [1.807, 2.05) is 19.1 Å². The Bertz CT molecular complexity index is 531. The Balaban J connectivity index is 2.29. The number of nitrogens with zero attached hydrogens (tertiary/aromatic N) is 1. The molecule has 0 aromatic heterocycles. The second-order valence-electron chi connectivity index (χ2n) is 4.86. The van der Waals surface area contributed by atoms with E-state index in [9.17, 15) is 8.42 Å². The average Bonchev–Trinajstić information content (AvgIpc) is 2.55. The number of sulfonamides is 1. The normalized spacial score (nSPS) is 18.6. The van der Waals surface area contributed by atoms with Gasteiger partial charge in [-0.25, -0.2) is 8.42 Å². The van der Waals surface area contributed by atoms with Gasteiger partial charge < -0.3 is 0 Å². The van der Waals surface area contributed by atoms with E-state index < -0.39 is 10.0 Å². The van der Waals surface area contributed by atoms with E-state index in [4.69, 9.17) is 0 Å². The van der Waals surface area contributed by atoms with Crippen molar-refractivity contribution in [3.05, 3.63) is 42.0 Å². The van der Waals surface area contributed by atoms with E-state index in [0.717, 1.165) is 30.4 Å². The second kappa shape index (κ2) is 5.24. The quantitative estimate of drug-likeness (QED) is 0.771. The third-order valence-corrected chi connectivity index (χ3v) is 5.11. The number of benzene rings is 1. The van der Waals surface area contributed by atoms with Gasteiger partial charge >= 0.3 is 0 Å². The molecule has 1 heterocycles. The Hall–Kier alpha value is -1.13. The summed E-state index contributed by atoms with van der Waals surface area (Å²) in [6, 6.07) is 7.02. The molecule has 18 heavy (non-hydrogen) atoms. The number of rotatable bonds is 2. The van der Waals surface area contributed by atoms with E-state index in [0.29, 0.717) is 18.0 Å². The van der Waals surface area contributed by atoms with Gasteiger partial charge in [-0.1, -0.05) is 29.8 Å². The maximum absolute atomic E-state index is 12.5. The van der Waals surface area contributed by atoms with Gasteiger partial charge in [0.2, 0.25) is 10.0 Å². The molecule has 0 bridgehead atoms. The van der Waals surface area contributed by atoms with Crippen LogP contribution in [-0.4, -0.2) is 25.8 Å². The van der Waals surface area contributed by atoms with Crippen LogP contribution in [0.2, 0.25) is 0 Å². The van der Waals surface area contributed by atoms with Crippen LogP contribution >= 0.6 is 0 Å². The van der Waals surface area contributed by atoms with Gasteiger partial charge in [0.15, 0.2) is 0 Å². The van der Waals surface area contributed by atoms with Crippen molar-refractivity contribution in [1.82, 2.24) is 4.31 Å². The maximum Gasteiger partial charge on any atom is 0.243 e. The second-order valence-corrected chi connectivity index (χ2v) is 6.80. The predicted octanol–water partition coefficient (Wildman–Crippen LogP) is 2.73. The molecule has 4 heteroatoms. The lowest BCUT2D eigenvalue weighted by Crippen LogP contribution is -2.32. The van der Waals surface area contributed by atoms with Crippen molar-refractivity contribution in [2.45, 2.75) is 31.1 Å². The van der Waals surface area contributed by atoms with Gasteiger partial charge in [-0.2, -0.15) is 4.31 Å². The van der Waals surface area contributed by atoms with Crippen LogP contribution in [-0.2, 0) is 10.0 Å². The van der Waals surface area contributed by atoms with Crippen molar-refractivity contribution in [2.75, 3.05) is 13.1 Å². The predicted molar refractivity (Wildman–Crippen MR) is 72.9 cm³/mol. The van der Waals surface area contributed by atoms with Gasteiger partial charge in [0.25, 0.3) is 0 Å². The molecule has 0 unspecified atom stereocenters. The molecule has 1 aromatic rings. The topological polar surface area (TPSA) is 37.4 Å². The Morgan fingerprint density at radius 2 is 1.83 bits per heavy atom. The molecule has 0 atom stereocenters. The number of hydrogen-bond acceptors (Lipinski definition) is 2. The molecule has 1 aromatic carbocycles. The molecule has 3 nitrogen and oxygen atoms in total. The van der Waals surface area contributed by atoms with Crippen molar-refractivity contribution >= 4 is 10.0 Å². The van der Waals surface area contributed by atoms with Gasteiger partial charge in [-0.3, -0.25) is 0 Å². The van der Waals surface area contributed by atoms with Crippen molar-refractivity contribution in [1.29, 1.82) is 0 Å². The molecule has 0 spiro atoms. The third kappa shape index (κ3) is 2.82. The Kier molecular flexibility index (Phi) is 3.88. The smallest absolute Gasteiger partial charge is 0.207 e. The van der Waals surface area contributed by atoms with Crippen LogP contribution < -0.4 is 0 Å². The summed E-state index contributed by atoms with van der Waals surface area (Å²) < 4.78 is 26.5. The molecular formula is C14H19NO2S. The van der Waals surface area contributed by atoms with Crippen LogP contribution in [0.3, 0.4) is 0 Å². The summed E-state index contributed by atoms with van der Waals surface area (Å²) >= 11 is 0. The molecule has 1 fully saturated rings.